The van der Waals surface area contributed by atoms with Crippen LogP contribution in [0, 0.1) is 0 Å². The quantitative estimate of drug-likeness (QED) is 0.130. The van der Waals surface area contributed by atoms with Crippen molar-refractivity contribution in [2.75, 3.05) is 11.4 Å². The predicted molar refractivity (Wildman–Crippen MR) is 171 cm³/mol. The lowest BCUT2D eigenvalue weighted by Crippen LogP contribution is -2.54. The maximum absolute atomic E-state index is 14.1. The van der Waals surface area contributed by atoms with Gasteiger partial charge in [-0.1, -0.05) is 18.2 Å². The molecule has 0 saturated carbocycles. The van der Waals surface area contributed by atoms with E-state index in [0.29, 0.717) is 44.5 Å². The van der Waals surface area contributed by atoms with Crippen LogP contribution in [0.25, 0.3) is 10.9 Å². The SMILES string of the molecule is CC(C)(C)OC(=O)C(CCCCN)NC(=O)C1Cc2c([nH]c3ccccc23)CN1c1ccc(Oc2ccc(C(F)(F)F)cc2)cc1. The van der Waals surface area contributed by atoms with Crippen molar-refractivity contribution in [2.24, 2.45) is 5.73 Å². The zero-order chi connectivity index (χ0) is 33.1. The van der Waals surface area contributed by atoms with Gasteiger partial charge in [0.1, 0.15) is 29.2 Å². The van der Waals surface area contributed by atoms with E-state index >= 15 is 0 Å². The first kappa shape index (κ1) is 32.9. The van der Waals surface area contributed by atoms with Crippen molar-refractivity contribution in [2.45, 2.75) is 76.9 Å². The number of hydrogen-bond donors (Lipinski definition) is 3. The van der Waals surface area contributed by atoms with E-state index in [4.69, 9.17) is 15.2 Å². The Morgan fingerprint density at radius 1 is 0.978 bits per heavy atom. The highest BCUT2D eigenvalue weighted by molar-refractivity contribution is 5.92. The summed E-state index contributed by atoms with van der Waals surface area (Å²) in [5.41, 5.74) is 7.96. The van der Waals surface area contributed by atoms with Crippen molar-refractivity contribution >= 4 is 28.5 Å². The molecule has 46 heavy (non-hydrogen) atoms. The van der Waals surface area contributed by atoms with E-state index in [1.807, 2.05) is 29.2 Å². The molecule has 0 spiro atoms. The van der Waals surface area contributed by atoms with Crippen molar-refractivity contribution in [3.63, 3.8) is 0 Å². The molecule has 2 heterocycles. The van der Waals surface area contributed by atoms with Crippen molar-refractivity contribution in [3.8, 4) is 11.5 Å². The Morgan fingerprint density at radius 2 is 1.63 bits per heavy atom. The van der Waals surface area contributed by atoms with Gasteiger partial charge in [-0.25, -0.2) is 4.79 Å². The molecule has 5 rings (SSSR count). The van der Waals surface area contributed by atoms with E-state index in [0.717, 1.165) is 40.0 Å². The van der Waals surface area contributed by atoms with E-state index < -0.39 is 35.4 Å². The van der Waals surface area contributed by atoms with Gasteiger partial charge in [0.05, 0.1) is 12.1 Å². The number of rotatable bonds is 10. The summed E-state index contributed by atoms with van der Waals surface area (Å²) in [7, 11) is 0. The summed E-state index contributed by atoms with van der Waals surface area (Å²) in [6, 6.07) is 18.0. The molecule has 0 aliphatic carbocycles. The number of carbonyl (C=O) groups excluding carboxylic acids is 2. The molecule has 3 aromatic carbocycles. The van der Waals surface area contributed by atoms with E-state index in [9.17, 15) is 22.8 Å². The average Bonchev–Trinajstić information content (AvgIpc) is 3.37. The third kappa shape index (κ3) is 7.82. The highest BCUT2D eigenvalue weighted by Gasteiger charge is 2.36. The molecule has 11 heteroatoms. The van der Waals surface area contributed by atoms with E-state index in [-0.39, 0.29) is 11.7 Å². The monoisotopic (exact) mass is 636 g/mol. The first-order chi connectivity index (χ1) is 21.8. The predicted octanol–water partition coefficient (Wildman–Crippen LogP) is 6.87. The van der Waals surface area contributed by atoms with Gasteiger partial charge >= 0.3 is 12.1 Å². The molecule has 0 fully saturated rings. The number of hydrogen-bond acceptors (Lipinski definition) is 6. The van der Waals surface area contributed by atoms with Crippen LogP contribution in [0.1, 0.15) is 56.9 Å². The lowest BCUT2D eigenvalue weighted by Gasteiger charge is -2.37. The number of esters is 1. The Labute approximate surface area is 266 Å². The molecule has 4 aromatic rings. The summed E-state index contributed by atoms with van der Waals surface area (Å²) in [4.78, 5) is 32.7. The molecule has 0 radical (unpaired) electrons. The molecule has 244 valence electrons. The molecule has 8 nitrogen and oxygen atoms in total. The number of ether oxygens (including phenoxy) is 2. The number of nitrogens with zero attached hydrogens (tertiary/aromatic N) is 1. The number of nitrogens with two attached hydrogens (primary N) is 1. The van der Waals surface area contributed by atoms with Crippen LogP contribution in [0.3, 0.4) is 0 Å². The normalized spacial score (nSPS) is 15.7. The van der Waals surface area contributed by atoms with Crippen LogP contribution in [0.15, 0.2) is 72.8 Å². The summed E-state index contributed by atoms with van der Waals surface area (Å²) >= 11 is 0. The summed E-state index contributed by atoms with van der Waals surface area (Å²) in [5.74, 6) is -0.0957. The molecule has 0 bridgehead atoms. The van der Waals surface area contributed by atoms with E-state index in [1.54, 1.807) is 45.0 Å². The minimum Gasteiger partial charge on any atom is -0.458 e. The van der Waals surface area contributed by atoms with Gasteiger partial charge in [-0.2, -0.15) is 13.2 Å². The van der Waals surface area contributed by atoms with E-state index in [2.05, 4.69) is 10.3 Å². The number of nitrogens with one attached hydrogen (secondary N) is 2. The molecule has 0 saturated heterocycles. The number of alkyl halides is 3. The Bertz CT molecular complexity index is 1660. The molecule has 4 N–H and O–H groups in total. The number of carbonyl (C=O) groups is 2. The second kappa shape index (κ2) is 13.5. The zero-order valence-corrected chi connectivity index (χ0v) is 26.1. The molecule has 1 aliphatic heterocycles. The second-order valence-corrected chi connectivity index (χ2v) is 12.5. The van der Waals surface area contributed by atoms with Gasteiger partial charge in [-0.05, 0) is 107 Å². The van der Waals surface area contributed by atoms with Crippen LogP contribution in [0.4, 0.5) is 18.9 Å². The van der Waals surface area contributed by atoms with Gasteiger partial charge in [0, 0.05) is 28.7 Å². The molecular formula is C35H39F3N4O4. The fraction of sp³-hybridized carbons (Fsp3) is 0.371. The van der Waals surface area contributed by atoms with Gasteiger partial charge in [-0.15, -0.1) is 0 Å². The Kier molecular flexibility index (Phi) is 9.62. The lowest BCUT2D eigenvalue weighted by molar-refractivity contribution is -0.159. The van der Waals surface area contributed by atoms with Crippen LogP contribution in [-0.2, 0) is 33.5 Å². The van der Waals surface area contributed by atoms with E-state index in [1.165, 1.54) is 12.1 Å². The molecule has 2 unspecified atom stereocenters. The fourth-order valence-corrected chi connectivity index (χ4v) is 5.65. The number of para-hydroxylation sites is 1. The van der Waals surface area contributed by atoms with Crippen LogP contribution in [0.2, 0.25) is 0 Å². The summed E-state index contributed by atoms with van der Waals surface area (Å²) in [5, 5.41) is 4.03. The Hall–Kier alpha value is -4.51. The first-order valence-corrected chi connectivity index (χ1v) is 15.4. The van der Waals surface area contributed by atoms with Crippen molar-refractivity contribution in [1.82, 2.24) is 10.3 Å². The topological polar surface area (TPSA) is 110 Å². The zero-order valence-electron chi connectivity index (χ0n) is 26.1. The molecule has 1 aromatic heterocycles. The molecular weight excluding hydrogens is 597 g/mol. The highest BCUT2D eigenvalue weighted by Crippen LogP contribution is 2.35. The number of halogens is 3. The number of amides is 1. The maximum Gasteiger partial charge on any atom is 0.416 e. The van der Waals surface area contributed by atoms with Gasteiger partial charge in [0.2, 0.25) is 5.91 Å². The van der Waals surface area contributed by atoms with Crippen LogP contribution < -0.4 is 20.7 Å². The molecule has 2 atom stereocenters. The number of aromatic amines is 1. The fourth-order valence-electron chi connectivity index (χ4n) is 5.65. The van der Waals surface area contributed by atoms with Crippen LogP contribution in [0.5, 0.6) is 11.5 Å². The Balaban J connectivity index is 1.41. The molecule has 1 amide bonds. The molecule has 1 aliphatic rings. The number of aromatic nitrogens is 1. The van der Waals surface area contributed by atoms with Crippen LogP contribution in [-0.4, -0.2) is 41.1 Å². The smallest absolute Gasteiger partial charge is 0.416 e. The third-order valence-electron chi connectivity index (χ3n) is 7.85. The van der Waals surface area contributed by atoms with Crippen LogP contribution >= 0.6 is 0 Å². The van der Waals surface area contributed by atoms with Gasteiger partial charge in [-0.3, -0.25) is 4.79 Å². The maximum atomic E-state index is 14.1. The Morgan fingerprint density at radius 3 is 2.26 bits per heavy atom. The summed E-state index contributed by atoms with van der Waals surface area (Å²) < 4.78 is 50.3. The minimum atomic E-state index is -4.43. The number of H-pyrrole nitrogens is 1. The largest absolute Gasteiger partial charge is 0.458 e. The summed E-state index contributed by atoms with van der Waals surface area (Å²) in [6.07, 6.45) is -2.26. The van der Waals surface area contributed by atoms with Gasteiger partial charge in [0.15, 0.2) is 0 Å². The van der Waals surface area contributed by atoms with Crippen molar-refractivity contribution < 1.29 is 32.2 Å². The lowest BCUT2D eigenvalue weighted by atomic mass is 9.95. The number of anilines is 1. The average molecular weight is 637 g/mol. The number of benzene rings is 3. The first-order valence-electron chi connectivity index (χ1n) is 15.4. The number of fused-ring (bicyclic) bond motifs is 3. The highest BCUT2D eigenvalue weighted by atomic mass is 19.4. The summed E-state index contributed by atoms with van der Waals surface area (Å²) in [6.45, 7) is 6.25. The standard InChI is InChI=1S/C35H39F3N4O4/c1-34(2,3)46-33(44)29(10-6-7-19-39)41-32(43)31-20-27-26-8-4-5-9-28(26)40-30(27)21-42(31)23-13-17-25(18-14-23)45-24-15-11-22(12-16-24)35(36,37)38/h4-5,8-9,11-18,29,31,40H,6-7,10,19-21,39H2,1-3H3,(H,41,43). The second-order valence-electron chi connectivity index (χ2n) is 12.5. The van der Waals surface area contributed by atoms with Crippen molar-refractivity contribution in [3.05, 3.63) is 89.6 Å². The van der Waals surface area contributed by atoms with Crippen molar-refractivity contribution in [1.29, 1.82) is 0 Å². The number of unbranched alkanes of at least 4 members (excludes halogenated alkanes) is 1. The minimum absolute atomic E-state index is 0.265. The van der Waals surface area contributed by atoms with Gasteiger partial charge in [0.25, 0.3) is 0 Å². The third-order valence-corrected chi connectivity index (χ3v) is 7.85. The van der Waals surface area contributed by atoms with Gasteiger partial charge < -0.3 is 30.4 Å².